The average Bonchev–Trinajstić information content (AvgIpc) is 2.92. The lowest BCUT2D eigenvalue weighted by Gasteiger charge is -2.35. The zero-order valence-corrected chi connectivity index (χ0v) is 11.3. The van der Waals surface area contributed by atoms with E-state index in [0.29, 0.717) is 24.4 Å². The van der Waals surface area contributed by atoms with Crippen molar-refractivity contribution in [1.82, 2.24) is 0 Å². The zero-order chi connectivity index (χ0) is 12.8. The van der Waals surface area contributed by atoms with Crippen molar-refractivity contribution in [2.45, 2.75) is 31.1 Å². The molecule has 0 radical (unpaired) electrons. The summed E-state index contributed by atoms with van der Waals surface area (Å²) >= 11 is 0. The SMILES string of the molecule is Cc1ccc(S(=O)(=O)OCC2C3CCC2C3)cc1. The summed E-state index contributed by atoms with van der Waals surface area (Å²) in [5.41, 5.74) is 1.05. The van der Waals surface area contributed by atoms with Gasteiger partial charge in [0, 0.05) is 0 Å². The van der Waals surface area contributed by atoms with Gasteiger partial charge in [-0.3, -0.25) is 4.18 Å². The van der Waals surface area contributed by atoms with Crippen LogP contribution >= 0.6 is 0 Å². The fourth-order valence-corrected chi connectivity index (χ4v) is 4.17. The number of rotatable bonds is 4. The molecule has 4 rings (SSSR count). The minimum atomic E-state index is -3.57. The Morgan fingerprint density at radius 2 is 1.78 bits per heavy atom. The summed E-state index contributed by atoms with van der Waals surface area (Å²) in [6, 6.07) is 6.81. The molecular formula is C14H18O3S. The van der Waals surface area contributed by atoms with Crippen LogP contribution in [0, 0.1) is 24.7 Å². The quantitative estimate of drug-likeness (QED) is 0.787. The average molecular weight is 266 g/mol. The first kappa shape index (κ1) is 12.2. The number of benzene rings is 1. The van der Waals surface area contributed by atoms with Gasteiger partial charge in [-0.05, 0) is 56.1 Å². The van der Waals surface area contributed by atoms with Gasteiger partial charge in [0.15, 0.2) is 0 Å². The molecule has 3 aliphatic carbocycles. The van der Waals surface area contributed by atoms with E-state index < -0.39 is 10.1 Å². The smallest absolute Gasteiger partial charge is 0.266 e. The molecule has 0 aromatic heterocycles. The van der Waals surface area contributed by atoms with Crippen molar-refractivity contribution >= 4 is 10.1 Å². The maximum atomic E-state index is 12.0. The Hall–Kier alpha value is -0.870. The molecule has 0 amide bonds. The normalized spacial score (nSPS) is 30.2. The van der Waals surface area contributed by atoms with Crippen molar-refractivity contribution < 1.29 is 12.6 Å². The molecule has 4 heteroatoms. The van der Waals surface area contributed by atoms with Gasteiger partial charge >= 0.3 is 0 Å². The molecular weight excluding hydrogens is 248 g/mol. The van der Waals surface area contributed by atoms with E-state index in [1.807, 2.05) is 6.92 Å². The highest BCUT2D eigenvalue weighted by atomic mass is 32.2. The molecule has 2 atom stereocenters. The molecule has 3 nitrogen and oxygen atoms in total. The molecule has 98 valence electrons. The Morgan fingerprint density at radius 3 is 2.33 bits per heavy atom. The Labute approximate surface area is 108 Å². The molecule has 2 bridgehead atoms. The standard InChI is InChI=1S/C14H18O3S/c1-10-2-6-13(7-3-10)18(15,16)17-9-14-11-4-5-12(14)8-11/h2-3,6-7,11-12,14H,4-5,8-9H2,1H3. The van der Waals surface area contributed by atoms with Gasteiger partial charge in [-0.15, -0.1) is 0 Å². The fourth-order valence-electron chi connectivity index (χ4n) is 3.23. The highest BCUT2D eigenvalue weighted by Gasteiger charge is 2.46. The first-order valence-electron chi connectivity index (χ1n) is 6.52. The number of fused-ring (bicyclic) bond motifs is 1. The van der Waals surface area contributed by atoms with Crippen LogP contribution < -0.4 is 0 Å². The van der Waals surface area contributed by atoms with Crippen LogP contribution in [0.25, 0.3) is 0 Å². The van der Waals surface area contributed by atoms with Crippen molar-refractivity contribution in [3.63, 3.8) is 0 Å². The van der Waals surface area contributed by atoms with E-state index >= 15 is 0 Å². The lowest BCUT2D eigenvalue weighted by molar-refractivity contribution is 0.0922. The first-order chi connectivity index (χ1) is 8.56. The second-order valence-corrected chi connectivity index (χ2v) is 7.16. The minimum absolute atomic E-state index is 0.264. The van der Waals surface area contributed by atoms with Crippen LogP contribution in [-0.4, -0.2) is 15.0 Å². The summed E-state index contributed by atoms with van der Waals surface area (Å²) in [5.74, 6) is 1.90. The fraction of sp³-hybridized carbons (Fsp3) is 0.571. The predicted octanol–water partition coefficient (Wildman–Crippen LogP) is 2.75. The van der Waals surface area contributed by atoms with E-state index in [9.17, 15) is 8.42 Å². The lowest BCUT2D eigenvalue weighted by atomic mass is 9.73. The molecule has 1 aromatic carbocycles. The summed E-state index contributed by atoms with van der Waals surface area (Å²) in [6.07, 6.45) is 3.78. The van der Waals surface area contributed by atoms with Gasteiger partial charge in [-0.1, -0.05) is 17.7 Å². The predicted molar refractivity (Wildman–Crippen MR) is 68.6 cm³/mol. The van der Waals surface area contributed by atoms with E-state index in [4.69, 9.17) is 4.18 Å². The van der Waals surface area contributed by atoms with Crippen molar-refractivity contribution in [2.75, 3.05) is 6.61 Å². The van der Waals surface area contributed by atoms with Crippen LogP contribution in [-0.2, 0) is 14.3 Å². The number of hydrogen-bond acceptors (Lipinski definition) is 3. The van der Waals surface area contributed by atoms with Crippen LogP contribution in [0.4, 0.5) is 0 Å². The van der Waals surface area contributed by atoms with E-state index in [1.54, 1.807) is 24.3 Å². The van der Waals surface area contributed by atoms with Crippen LogP contribution in [0.5, 0.6) is 0 Å². The van der Waals surface area contributed by atoms with Crippen molar-refractivity contribution in [3.8, 4) is 0 Å². The third-order valence-electron chi connectivity index (χ3n) is 4.45. The second-order valence-electron chi connectivity index (χ2n) is 5.55. The Kier molecular flexibility index (Phi) is 2.94. The minimum Gasteiger partial charge on any atom is -0.266 e. The Bertz CT molecular complexity index is 519. The van der Waals surface area contributed by atoms with Gasteiger partial charge in [0.25, 0.3) is 10.1 Å². The summed E-state index contributed by atoms with van der Waals surface area (Å²) in [4.78, 5) is 0.264. The lowest BCUT2D eigenvalue weighted by Crippen LogP contribution is -2.32. The molecule has 0 spiro atoms. The monoisotopic (exact) mass is 266 g/mol. The molecule has 0 N–H and O–H groups in total. The Balaban J connectivity index is 1.66. The maximum absolute atomic E-state index is 12.0. The number of hydrogen-bond donors (Lipinski definition) is 0. The van der Waals surface area contributed by atoms with Crippen molar-refractivity contribution in [1.29, 1.82) is 0 Å². The second kappa shape index (κ2) is 4.35. The van der Waals surface area contributed by atoms with Crippen LogP contribution in [0.15, 0.2) is 29.2 Å². The van der Waals surface area contributed by atoms with Gasteiger partial charge < -0.3 is 0 Å². The molecule has 1 aromatic rings. The number of aryl methyl sites for hydroxylation is 1. The van der Waals surface area contributed by atoms with Crippen LogP contribution in [0.1, 0.15) is 24.8 Å². The maximum Gasteiger partial charge on any atom is 0.296 e. The van der Waals surface area contributed by atoms with E-state index in [2.05, 4.69) is 0 Å². The van der Waals surface area contributed by atoms with Crippen molar-refractivity contribution in [3.05, 3.63) is 29.8 Å². The van der Waals surface area contributed by atoms with E-state index in [1.165, 1.54) is 19.3 Å². The molecule has 2 unspecified atom stereocenters. The van der Waals surface area contributed by atoms with Gasteiger partial charge in [0.05, 0.1) is 11.5 Å². The molecule has 0 aliphatic heterocycles. The largest absolute Gasteiger partial charge is 0.296 e. The van der Waals surface area contributed by atoms with Gasteiger partial charge in [-0.2, -0.15) is 8.42 Å². The topological polar surface area (TPSA) is 43.4 Å². The summed E-state index contributed by atoms with van der Waals surface area (Å²) in [5, 5.41) is 0. The summed E-state index contributed by atoms with van der Waals surface area (Å²) in [6.45, 7) is 2.30. The molecule has 18 heavy (non-hydrogen) atoms. The third-order valence-corrected chi connectivity index (χ3v) is 5.75. The summed E-state index contributed by atoms with van der Waals surface area (Å²) in [7, 11) is -3.57. The molecule has 0 saturated heterocycles. The van der Waals surface area contributed by atoms with Gasteiger partial charge in [0.2, 0.25) is 0 Å². The zero-order valence-electron chi connectivity index (χ0n) is 10.5. The van der Waals surface area contributed by atoms with E-state index in [-0.39, 0.29) is 4.90 Å². The highest BCUT2D eigenvalue weighted by Crippen LogP contribution is 2.53. The Morgan fingerprint density at radius 1 is 1.17 bits per heavy atom. The van der Waals surface area contributed by atoms with Crippen molar-refractivity contribution in [2.24, 2.45) is 17.8 Å². The molecule has 3 aliphatic rings. The molecule has 0 heterocycles. The van der Waals surface area contributed by atoms with Gasteiger partial charge in [-0.25, -0.2) is 0 Å². The van der Waals surface area contributed by atoms with Crippen LogP contribution in [0.2, 0.25) is 0 Å². The van der Waals surface area contributed by atoms with Gasteiger partial charge in [0.1, 0.15) is 0 Å². The van der Waals surface area contributed by atoms with Crippen LogP contribution in [0.3, 0.4) is 0 Å². The van der Waals surface area contributed by atoms with E-state index in [0.717, 1.165) is 5.56 Å². The third kappa shape index (κ3) is 2.08. The summed E-state index contributed by atoms with van der Waals surface area (Å²) < 4.78 is 29.2. The first-order valence-corrected chi connectivity index (χ1v) is 7.93. The molecule has 3 saturated carbocycles. The molecule has 3 fully saturated rings. The highest BCUT2D eigenvalue weighted by molar-refractivity contribution is 7.86.